The van der Waals surface area contributed by atoms with Crippen molar-refractivity contribution in [2.75, 3.05) is 5.32 Å². The highest BCUT2D eigenvalue weighted by molar-refractivity contribution is 5.95. The van der Waals surface area contributed by atoms with Crippen molar-refractivity contribution in [2.45, 2.75) is 51.7 Å². The molecule has 4 heteroatoms. The standard InChI is InChI=1S/C21H28N4/c1-15-8-6-9-16(2)19(15)25-13-7-10-17-14-22-21(24-20(17)25)23-18-11-4-3-5-12-18/h3-5,7,11-16,19-20H,6,8-10H2,1-2H3,(H2,22,23,24). The third-order valence-corrected chi connectivity index (χ3v) is 5.78. The Kier molecular flexibility index (Phi) is 4.51. The van der Waals surface area contributed by atoms with Crippen LogP contribution in [0, 0.1) is 11.8 Å². The summed E-state index contributed by atoms with van der Waals surface area (Å²) in [4.78, 5) is 7.15. The third-order valence-electron chi connectivity index (χ3n) is 5.78. The first kappa shape index (κ1) is 16.2. The minimum Gasteiger partial charge on any atom is -0.351 e. The van der Waals surface area contributed by atoms with Crippen LogP contribution < -0.4 is 10.6 Å². The Hall–Kier alpha value is -2.23. The predicted molar refractivity (Wildman–Crippen MR) is 104 cm³/mol. The van der Waals surface area contributed by atoms with Crippen molar-refractivity contribution in [1.29, 1.82) is 0 Å². The van der Waals surface area contributed by atoms with Crippen molar-refractivity contribution in [3.63, 3.8) is 0 Å². The third kappa shape index (κ3) is 3.30. The molecule has 0 aromatic heterocycles. The number of aliphatic imine (C=N–C) groups is 1. The van der Waals surface area contributed by atoms with E-state index in [0.717, 1.165) is 29.9 Å². The second-order valence-corrected chi connectivity index (χ2v) is 7.63. The van der Waals surface area contributed by atoms with E-state index in [9.17, 15) is 0 Å². The molecule has 0 saturated heterocycles. The molecular weight excluding hydrogens is 308 g/mol. The molecule has 1 aromatic carbocycles. The van der Waals surface area contributed by atoms with E-state index in [1.165, 1.54) is 24.8 Å². The molecule has 0 radical (unpaired) electrons. The number of anilines is 1. The lowest BCUT2D eigenvalue weighted by atomic mass is 9.77. The van der Waals surface area contributed by atoms with Gasteiger partial charge in [-0.1, -0.05) is 44.5 Å². The molecular formula is C21H28N4. The van der Waals surface area contributed by atoms with E-state index >= 15 is 0 Å². The number of hydrogen-bond donors (Lipinski definition) is 2. The molecule has 132 valence electrons. The van der Waals surface area contributed by atoms with E-state index in [-0.39, 0.29) is 6.17 Å². The molecule has 1 fully saturated rings. The molecule has 3 unspecified atom stereocenters. The number of allylic oxidation sites excluding steroid dienone is 1. The summed E-state index contributed by atoms with van der Waals surface area (Å²) in [6, 6.07) is 10.8. The van der Waals surface area contributed by atoms with E-state index in [2.05, 4.69) is 58.8 Å². The highest BCUT2D eigenvalue weighted by Crippen LogP contribution is 2.36. The van der Waals surface area contributed by atoms with Crippen molar-refractivity contribution >= 4 is 11.6 Å². The number of hydrogen-bond acceptors (Lipinski definition) is 4. The number of rotatable bonds is 2. The summed E-state index contributed by atoms with van der Waals surface area (Å²) in [5.41, 5.74) is 2.41. The van der Waals surface area contributed by atoms with E-state index < -0.39 is 0 Å². The molecule has 25 heavy (non-hydrogen) atoms. The summed E-state index contributed by atoms with van der Waals surface area (Å²) in [6.45, 7) is 4.82. The van der Waals surface area contributed by atoms with Crippen LogP contribution in [-0.4, -0.2) is 23.1 Å². The van der Waals surface area contributed by atoms with Gasteiger partial charge in [-0.2, -0.15) is 0 Å². The van der Waals surface area contributed by atoms with Gasteiger partial charge in [-0.3, -0.25) is 0 Å². The molecule has 1 aromatic rings. The van der Waals surface area contributed by atoms with Gasteiger partial charge in [0, 0.05) is 17.9 Å². The zero-order valence-corrected chi connectivity index (χ0v) is 15.2. The van der Waals surface area contributed by atoms with Crippen molar-refractivity contribution in [3.8, 4) is 0 Å². The lowest BCUT2D eigenvalue weighted by molar-refractivity contribution is 0.0770. The van der Waals surface area contributed by atoms with Gasteiger partial charge in [0.1, 0.15) is 6.17 Å². The fourth-order valence-corrected chi connectivity index (χ4v) is 4.55. The summed E-state index contributed by atoms with van der Waals surface area (Å²) in [5, 5.41) is 7.04. The normalized spacial score (nSPS) is 31.5. The van der Waals surface area contributed by atoms with Crippen molar-refractivity contribution in [2.24, 2.45) is 16.8 Å². The monoisotopic (exact) mass is 336 g/mol. The Morgan fingerprint density at radius 3 is 2.64 bits per heavy atom. The van der Waals surface area contributed by atoms with Gasteiger partial charge in [-0.05, 0) is 55.0 Å². The van der Waals surface area contributed by atoms with Gasteiger partial charge in [0.15, 0.2) is 0 Å². The van der Waals surface area contributed by atoms with Gasteiger partial charge in [0.05, 0.1) is 0 Å². The molecule has 2 aliphatic heterocycles. The second-order valence-electron chi connectivity index (χ2n) is 7.63. The quantitative estimate of drug-likeness (QED) is 0.845. The summed E-state index contributed by atoms with van der Waals surface area (Å²) in [6.07, 6.45) is 11.8. The zero-order valence-electron chi connectivity index (χ0n) is 15.2. The Labute approximate surface area is 150 Å². The summed E-state index contributed by atoms with van der Waals surface area (Å²) >= 11 is 0. The maximum absolute atomic E-state index is 4.60. The van der Waals surface area contributed by atoms with Crippen molar-refractivity contribution in [1.82, 2.24) is 10.2 Å². The minimum absolute atomic E-state index is 0.210. The molecule has 0 bridgehead atoms. The second kappa shape index (κ2) is 6.95. The van der Waals surface area contributed by atoms with Crippen LogP contribution in [-0.2, 0) is 0 Å². The van der Waals surface area contributed by atoms with Gasteiger partial charge in [-0.25, -0.2) is 4.99 Å². The summed E-state index contributed by atoms with van der Waals surface area (Å²) < 4.78 is 0. The van der Waals surface area contributed by atoms with Gasteiger partial charge >= 0.3 is 0 Å². The lowest BCUT2D eigenvalue weighted by Crippen LogP contribution is -2.58. The Morgan fingerprint density at radius 1 is 1.12 bits per heavy atom. The largest absolute Gasteiger partial charge is 0.351 e. The maximum atomic E-state index is 4.60. The maximum Gasteiger partial charge on any atom is 0.202 e. The summed E-state index contributed by atoms with van der Waals surface area (Å²) in [5.74, 6) is 2.27. The first-order valence-electron chi connectivity index (χ1n) is 9.52. The highest BCUT2D eigenvalue weighted by atomic mass is 15.3. The Bertz CT molecular complexity index is 681. The van der Waals surface area contributed by atoms with Crippen LogP contribution in [0.1, 0.15) is 39.5 Å². The smallest absolute Gasteiger partial charge is 0.202 e. The van der Waals surface area contributed by atoms with Crippen LogP contribution >= 0.6 is 0 Å². The minimum atomic E-state index is 0.210. The molecule has 2 N–H and O–H groups in total. The van der Waals surface area contributed by atoms with E-state index in [1.807, 2.05) is 24.4 Å². The van der Waals surface area contributed by atoms with Gasteiger partial charge in [0.25, 0.3) is 0 Å². The topological polar surface area (TPSA) is 39.7 Å². The van der Waals surface area contributed by atoms with E-state index in [4.69, 9.17) is 0 Å². The van der Waals surface area contributed by atoms with Gasteiger partial charge < -0.3 is 15.5 Å². The number of benzene rings is 1. The fraction of sp³-hybridized carbons (Fsp3) is 0.476. The fourth-order valence-electron chi connectivity index (χ4n) is 4.55. The molecule has 0 amide bonds. The molecule has 2 heterocycles. The average Bonchev–Trinajstić information content (AvgIpc) is 2.63. The molecule has 0 spiro atoms. The Balaban J connectivity index is 1.55. The van der Waals surface area contributed by atoms with Crippen molar-refractivity contribution < 1.29 is 0 Å². The number of guanidine groups is 1. The number of nitrogens with one attached hydrogen (secondary N) is 2. The highest BCUT2D eigenvalue weighted by Gasteiger charge is 2.37. The average molecular weight is 336 g/mol. The van der Waals surface area contributed by atoms with Crippen LogP contribution in [0.5, 0.6) is 0 Å². The van der Waals surface area contributed by atoms with Crippen LogP contribution in [0.3, 0.4) is 0 Å². The van der Waals surface area contributed by atoms with Crippen LogP contribution in [0.25, 0.3) is 0 Å². The van der Waals surface area contributed by atoms with Gasteiger partial charge in [-0.15, -0.1) is 0 Å². The number of nitrogens with zero attached hydrogens (tertiary/aromatic N) is 2. The first-order chi connectivity index (χ1) is 12.2. The van der Waals surface area contributed by atoms with E-state index in [0.29, 0.717) is 6.04 Å². The molecule has 3 atom stereocenters. The molecule has 4 rings (SSSR count). The van der Waals surface area contributed by atoms with Crippen LogP contribution in [0.4, 0.5) is 5.69 Å². The molecule has 1 aliphatic carbocycles. The van der Waals surface area contributed by atoms with Gasteiger partial charge in [0.2, 0.25) is 5.96 Å². The lowest BCUT2D eigenvalue weighted by Gasteiger charge is -2.48. The first-order valence-corrected chi connectivity index (χ1v) is 9.52. The number of fused-ring (bicyclic) bond motifs is 1. The zero-order chi connectivity index (χ0) is 17.2. The Morgan fingerprint density at radius 2 is 1.88 bits per heavy atom. The SMILES string of the molecule is CC1CCCC(C)C1N1C=CCC2=CN=C(Nc3ccccc3)NC21. The molecule has 3 aliphatic rings. The molecule has 1 saturated carbocycles. The number of para-hydroxylation sites is 1. The van der Waals surface area contributed by atoms with Crippen molar-refractivity contribution in [3.05, 3.63) is 54.4 Å². The van der Waals surface area contributed by atoms with Crippen LogP contribution in [0.2, 0.25) is 0 Å². The van der Waals surface area contributed by atoms with Crippen LogP contribution in [0.15, 0.2) is 59.4 Å². The predicted octanol–water partition coefficient (Wildman–Crippen LogP) is 4.31. The van der Waals surface area contributed by atoms with E-state index in [1.54, 1.807) is 0 Å². The molecule has 4 nitrogen and oxygen atoms in total. The summed E-state index contributed by atoms with van der Waals surface area (Å²) in [7, 11) is 0.